The number of carbonyl (C=O) groups excluding carboxylic acids is 4. The molecule has 0 bridgehead atoms. The molecule has 0 aliphatic rings. The predicted octanol–water partition coefficient (Wildman–Crippen LogP) is 20.1. The molecule has 19 heteroatoms. The number of hydrogen-bond acceptors (Lipinski definition) is 15. The number of hydrogen-bond donors (Lipinski definition) is 3. The second-order valence-corrected chi connectivity index (χ2v) is 30.0. The van der Waals surface area contributed by atoms with Crippen LogP contribution >= 0.6 is 15.6 Å². The van der Waals surface area contributed by atoms with Crippen molar-refractivity contribution in [1.82, 2.24) is 0 Å². The van der Waals surface area contributed by atoms with E-state index in [1.165, 1.54) is 148 Å². The molecule has 0 aromatic rings. The van der Waals surface area contributed by atoms with E-state index in [1.54, 1.807) is 0 Å². The molecule has 17 nitrogen and oxygen atoms in total. The van der Waals surface area contributed by atoms with Crippen LogP contribution in [0.15, 0.2) is 0 Å². The van der Waals surface area contributed by atoms with Gasteiger partial charge < -0.3 is 33.8 Å². The Morgan fingerprint density at radius 3 is 0.789 bits per heavy atom. The monoisotopic (exact) mass is 1320 g/mol. The lowest BCUT2D eigenvalue weighted by atomic mass is 10.00. The van der Waals surface area contributed by atoms with Crippen molar-refractivity contribution in [3.63, 3.8) is 0 Å². The van der Waals surface area contributed by atoms with E-state index in [1.807, 2.05) is 0 Å². The molecule has 0 saturated carbocycles. The molecule has 0 aliphatic carbocycles. The molecular weight excluding hydrogens is 1190 g/mol. The first-order chi connectivity index (χ1) is 43.2. The largest absolute Gasteiger partial charge is 0.472 e. The highest BCUT2D eigenvalue weighted by Crippen LogP contribution is 2.45. The van der Waals surface area contributed by atoms with Crippen LogP contribution in [0.1, 0.15) is 351 Å². The molecule has 90 heavy (non-hydrogen) atoms. The maximum Gasteiger partial charge on any atom is 0.472 e. The summed E-state index contributed by atoms with van der Waals surface area (Å²) >= 11 is 0. The van der Waals surface area contributed by atoms with Gasteiger partial charge in [0.05, 0.1) is 26.4 Å². The van der Waals surface area contributed by atoms with Gasteiger partial charge in [0.15, 0.2) is 12.2 Å². The van der Waals surface area contributed by atoms with E-state index in [-0.39, 0.29) is 25.7 Å². The first-order valence-electron chi connectivity index (χ1n) is 36.8. The summed E-state index contributed by atoms with van der Waals surface area (Å²) in [7, 11) is -9.90. The van der Waals surface area contributed by atoms with Gasteiger partial charge in [-0.05, 0) is 49.4 Å². The summed E-state index contributed by atoms with van der Waals surface area (Å²) < 4.78 is 68.3. The minimum absolute atomic E-state index is 0.103. The van der Waals surface area contributed by atoms with Crippen molar-refractivity contribution in [2.45, 2.75) is 369 Å². The Kier molecular flexibility index (Phi) is 59.4. The number of esters is 4. The summed E-state index contributed by atoms with van der Waals surface area (Å²) in [6.45, 7) is 14.1. The van der Waals surface area contributed by atoms with Gasteiger partial charge in [-0.2, -0.15) is 0 Å². The molecule has 0 radical (unpaired) electrons. The zero-order chi connectivity index (χ0) is 66.8. The van der Waals surface area contributed by atoms with Gasteiger partial charge in [0.2, 0.25) is 0 Å². The quantitative estimate of drug-likeness (QED) is 0.0222. The number of unbranched alkanes of at least 4 members (excludes halogenated alkanes) is 32. The lowest BCUT2D eigenvalue weighted by molar-refractivity contribution is -0.161. The molecule has 0 amide bonds. The third-order valence-corrected chi connectivity index (χ3v) is 18.9. The Balaban J connectivity index is 5.20. The third kappa shape index (κ3) is 62.2. The summed E-state index contributed by atoms with van der Waals surface area (Å²) in [5, 5.41) is 10.6. The fourth-order valence-corrected chi connectivity index (χ4v) is 12.2. The van der Waals surface area contributed by atoms with Crippen LogP contribution in [-0.2, 0) is 65.4 Å². The first-order valence-corrected chi connectivity index (χ1v) is 39.8. The van der Waals surface area contributed by atoms with Crippen LogP contribution in [-0.4, -0.2) is 96.7 Å². The molecule has 0 spiro atoms. The maximum atomic E-state index is 13.0. The van der Waals surface area contributed by atoms with Gasteiger partial charge >= 0.3 is 39.5 Å². The molecule has 7 atom stereocenters. The number of phosphoric acid groups is 2. The highest BCUT2D eigenvalue weighted by atomic mass is 31.2. The lowest BCUT2D eigenvalue weighted by Gasteiger charge is -2.21. The number of ether oxygens (including phenoxy) is 4. The topological polar surface area (TPSA) is 237 Å². The molecule has 534 valence electrons. The average molecular weight is 1330 g/mol. The van der Waals surface area contributed by atoms with Gasteiger partial charge in [-0.3, -0.25) is 37.3 Å². The Morgan fingerprint density at radius 2 is 0.533 bits per heavy atom. The highest BCUT2D eigenvalue weighted by Gasteiger charge is 2.30. The van der Waals surface area contributed by atoms with Crippen LogP contribution in [0.4, 0.5) is 0 Å². The summed E-state index contributed by atoms with van der Waals surface area (Å²) in [5.41, 5.74) is 0. The van der Waals surface area contributed by atoms with Crippen LogP contribution in [0.2, 0.25) is 0 Å². The molecule has 0 rings (SSSR count). The maximum absolute atomic E-state index is 13.0. The second kappa shape index (κ2) is 60.7. The smallest absolute Gasteiger partial charge is 0.462 e. The summed E-state index contributed by atoms with van der Waals surface area (Å²) in [4.78, 5) is 72.5. The standard InChI is InChI=1S/C71H138O17P2/c1-9-63(7)49-41-33-27-29-36-44-52-69(74)82-58-66(87-70(75)53-45-37-26-22-18-20-24-32-40-48-62(5)6)59-85-89(77,78)83-55-65(72)56-84-90(79,80)86-60-67(88-71(76)54-46-38-30-28-34-42-50-64(8)10-2)57-81-68(73)51-43-35-25-21-17-15-13-11-12-14-16-19-23-31-39-47-61(3)4/h61-67,72H,9-60H2,1-8H3,(H,77,78)(H,79,80)/t63?,64?,65-,66+,67+/m0/s1. The molecule has 3 N–H and O–H groups in total. The number of aliphatic hydroxyl groups is 1. The summed E-state index contributed by atoms with van der Waals surface area (Å²) in [5.74, 6) is 0.861. The average Bonchev–Trinajstić information content (AvgIpc) is 3.53. The molecule has 0 saturated heterocycles. The van der Waals surface area contributed by atoms with Crippen molar-refractivity contribution in [3.05, 3.63) is 0 Å². The van der Waals surface area contributed by atoms with E-state index in [0.29, 0.717) is 25.7 Å². The molecule has 4 unspecified atom stereocenters. The zero-order valence-electron chi connectivity index (χ0n) is 58.8. The Hall–Kier alpha value is -1.94. The van der Waals surface area contributed by atoms with Crippen LogP contribution in [0.25, 0.3) is 0 Å². The van der Waals surface area contributed by atoms with Crippen LogP contribution < -0.4 is 0 Å². The predicted molar refractivity (Wildman–Crippen MR) is 363 cm³/mol. The lowest BCUT2D eigenvalue weighted by Crippen LogP contribution is -2.30. The number of rotatable bonds is 68. The Morgan fingerprint density at radius 1 is 0.311 bits per heavy atom. The van der Waals surface area contributed by atoms with Crippen molar-refractivity contribution in [2.75, 3.05) is 39.6 Å². The molecule has 0 fully saturated rings. The number of carbonyl (C=O) groups is 4. The van der Waals surface area contributed by atoms with Gasteiger partial charge in [-0.1, -0.05) is 299 Å². The van der Waals surface area contributed by atoms with Crippen LogP contribution in [0, 0.1) is 23.7 Å². The molecule has 0 heterocycles. The zero-order valence-corrected chi connectivity index (χ0v) is 60.6. The summed E-state index contributed by atoms with van der Waals surface area (Å²) in [6, 6.07) is 0. The minimum atomic E-state index is -4.95. The second-order valence-electron chi connectivity index (χ2n) is 27.1. The van der Waals surface area contributed by atoms with Crippen molar-refractivity contribution in [2.24, 2.45) is 23.7 Å². The van der Waals surface area contributed by atoms with E-state index < -0.39 is 97.5 Å². The van der Waals surface area contributed by atoms with Gasteiger partial charge in [0.25, 0.3) is 0 Å². The van der Waals surface area contributed by atoms with Gasteiger partial charge in [0.1, 0.15) is 19.3 Å². The van der Waals surface area contributed by atoms with Crippen LogP contribution in [0.5, 0.6) is 0 Å². The molecule has 0 aromatic carbocycles. The van der Waals surface area contributed by atoms with Crippen molar-refractivity contribution in [1.29, 1.82) is 0 Å². The first kappa shape index (κ1) is 88.1. The van der Waals surface area contributed by atoms with Gasteiger partial charge in [-0.15, -0.1) is 0 Å². The molecule has 0 aromatic heterocycles. The van der Waals surface area contributed by atoms with E-state index in [9.17, 15) is 43.2 Å². The van der Waals surface area contributed by atoms with E-state index >= 15 is 0 Å². The fraction of sp³-hybridized carbons (Fsp3) is 0.944. The van der Waals surface area contributed by atoms with E-state index in [0.717, 1.165) is 120 Å². The Bertz CT molecular complexity index is 1790. The minimum Gasteiger partial charge on any atom is -0.462 e. The van der Waals surface area contributed by atoms with Gasteiger partial charge in [-0.25, -0.2) is 9.13 Å². The van der Waals surface area contributed by atoms with Gasteiger partial charge in [0, 0.05) is 25.7 Å². The van der Waals surface area contributed by atoms with Crippen molar-refractivity contribution >= 4 is 39.5 Å². The van der Waals surface area contributed by atoms with E-state index in [4.69, 9.17) is 37.0 Å². The molecular formula is C71H138O17P2. The Labute approximate surface area is 549 Å². The fourth-order valence-electron chi connectivity index (χ4n) is 10.6. The van der Waals surface area contributed by atoms with Crippen molar-refractivity contribution in [3.8, 4) is 0 Å². The SMILES string of the molecule is CCC(C)CCCCCCCCC(=O)OC[C@H](COP(=O)(O)OC[C@H](O)COP(=O)(O)OC[C@@H](COC(=O)CCCCCCCCCCCCCCCCCC(C)C)OC(=O)CCCCCCCCC(C)CC)OC(=O)CCCCCCCCCCCC(C)C. The summed E-state index contributed by atoms with van der Waals surface area (Å²) in [6.07, 6.45) is 43.2. The third-order valence-electron chi connectivity index (χ3n) is 17.0. The van der Waals surface area contributed by atoms with Crippen molar-refractivity contribution < 1.29 is 80.2 Å². The van der Waals surface area contributed by atoms with E-state index in [2.05, 4.69) is 55.4 Å². The molecule has 0 aliphatic heterocycles. The van der Waals surface area contributed by atoms with Crippen LogP contribution in [0.3, 0.4) is 0 Å². The normalized spacial score (nSPS) is 14.9. The number of aliphatic hydroxyl groups excluding tert-OH is 1. The number of phosphoric ester groups is 2. The highest BCUT2D eigenvalue weighted by molar-refractivity contribution is 7.47.